The summed E-state index contributed by atoms with van der Waals surface area (Å²) >= 11 is 0.835. The monoisotopic (exact) mass is 844 g/mol. The van der Waals surface area contributed by atoms with Crippen LogP contribution in [-0.4, -0.2) is 85.6 Å². The molecule has 2 aromatic carbocycles. The SMILES string of the molecule is CC1(C)C(/C=C/C=C/C=C2\N(CCCS(=O)(=O)O)c3ccc(SOOO)cc3C2(C)CCCCCCN)=[N+](CCCS(=O)(=O)O)c2ccc(S(=O)(=O)O)cc21. The third-order valence-corrected chi connectivity index (χ3v) is 13.0. The fourth-order valence-corrected chi connectivity index (χ4v) is 9.24. The Labute approximate surface area is 327 Å². The maximum absolute atomic E-state index is 12.0. The summed E-state index contributed by atoms with van der Waals surface area (Å²) < 4.78 is 105. The Morgan fingerprint density at radius 2 is 1.53 bits per heavy atom. The number of hydrogen-bond donors (Lipinski definition) is 5. The van der Waals surface area contributed by atoms with Crippen LogP contribution in [0.15, 0.2) is 82.3 Å². The van der Waals surface area contributed by atoms with Crippen LogP contribution >= 0.6 is 12.0 Å². The smallest absolute Gasteiger partial charge is 0.294 e. The second-order valence-electron chi connectivity index (χ2n) is 14.2. The van der Waals surface area contributed by atoms with E-state index >= 15 is 0 Å². The van der Waals surface area contributed by atoms with Gasteiger partial charge in [-0.3, -0.25) is 13.7 Å². The van der Waals surface area contributed by atoms with E-state index in [1.54, 1.807) is 18.2 Å². The van der Waals surface area contributed by atoms with Crippen LogP contribution in [0.3, 0.4) is 0 Å². The van der Waals surface area contributed by atoms with Crippen LogP contribution in [-0.2, 0) is 50.6 Å². The molecule has 2 aliphatic rings. The normalized spacial score (nSPS) is 19.3. The van der Waals surface area contributed by atoms with Crippen LogP contribution in [0.5, 0.6) is 0 Å². The zero-order valence-corrected chi connectivity index (χ0v) is 34.3. The van der Waals surface area contributed by atoms with E-state index < -0.39 is 52.7 Å². The number of benzene rings is 2. The molecule has 1 atom stereocenters. The summed E-state index contributed by atoms with van der Waals surface area (Å²) in [6, 6.07) is 9.88. The van der Waals surface area contributed by atoms with Crippen molar-refractivity contribution >= 4 is 59.5 Å². The highest BCUT2D eigenvalue weighted by molar-refractivity contribution is 7.94. The van der Waals surface area contributed by atoms with E-state index in [2.05, 4.69) is 12.0 Å². The molecular formula is C36H50N3O12S4+. The lowest BCUT2D eigenvalue weighted by Gasteiger charge is -2.30. The largest absolute Gasteiger partial charge is 0.344 e. The Balaban J connectivity index is 1.74. The van der Waals surface area contributed by atoms with E-state index in [-0.39, 0.29) is 24.3 Å². The molecule has 0 radical (unpaired) electrons. The molecule has 0 amide bonds. The van der Waals surface area contributed by atoms with Gasteiger partial charge in [0, 0.05) is 52.4 Å². The lowest BCUT2D eigenvalue weighted by molar-refractivity contribution is -0.437. The van der Waals surface area contributed by atoms with Gasteiger partial charge < -0.3 is 10.6 Å². The predicted octanol–water partition coefficient (Wildman–Crippen LogP) is 5.98. The minimum atomic E-state index is -4.49. The van der Waals surface area contributed by atoms with Crippen LogP contribution in [0.2, 0.25) is 0 Å². The Hall–Kier alpha value is -2.95. The van der Waals surface area contributed by atoms with E-state index in [4.69, 9.17) is 15.3 Å². The lowest BCUT2D eigenvalue weighted by Crippen LogP contribution is -2.30. The van der Waals surface area contributed by atoms with Crippen molar-refractivity contribution in [2.45, 2.75) is 86.3 Å². The van der Waals surface area contributed by atoms with Crippen molar-refractivity contribution in [3.8, 4) is 0 Å². The number of fused-ring (bicyclic) bond motifs is 2. The van der Waals surface area contributed by atoms with Crippen LogP contribution in [0.25, 0.3) is 0 Å². The van der Waals surface area contributed by atoms with Crippen molar-refractivity contribution in [1.82, 2.24) is 0 Å². The van der Waals surface area contributed by atoms with Gasteiger partial charge in [-0.2, -0.15) is 29.8 Å². The van der Waals surface area contributed by atoms with Gasteiger partial charge >= 0.3 is 0 Å². The molecule has 0 saturated heterocycles. The molecule has 0 aromatic heterocycles. The first kappa shape index (κ1) is 44.8. The van der Waals surface area contributed by atoms with Gasteiger partial charge in [0.05, 0.1) is 33.9 Å². The van der Waals surface area contributed by atoms with Crippen LogP contribution in [0.4, 0.5) is 11.4 Å². The van der Waals surface area contributed by atoms with Gasteiger partial charge in [-0.05, 0) is 88.5 Å². The number of hydrogen-bond acceptors (Lipinski definition) is 12. The predicted molar refractivity (Wildman–Crippen MR) is 211 cm³/mol. The van der Waals surface area contributed by atoms with E-state index in [0.717, 1.165) is 66.8 Å². The van der Waals surface area contributed by atoms with Gasteiger partial charge in [0.2, 0.25) is 5.69 Å². The van der Waals surface area contributed by atoms with E-state index in [9.17, 15) is 38.9 Å². The first-order valence-corrected chi connectivity index (χ1v) is 23.1. The molecule has 15 nitrogen and oxygen atoms in total. The molecule has 4 rings (SSSR count). The Kier molecular flexibility index (Phi) is 15.1. The van der Waals surface area contributed by atoms with E-state index in [1.165, 1.54) is 12.1 Å². The van der Waals surface area contributed by atoms with Crippen LogP contribution < -0.4 is 10.6 Å². The molecule has 0 spiro atoms. The fourth-order valence-electron chi connectivity index (χ4n) is 7.34. The number of nitrogens with zero attached hydrogens (tertiary/aromatic N) is 2. The van der Waals surface area contributed by atoms with Gasteiger partial charge in [0.1, 0.15) is 6.54 Å². The minimum absolute atomic E-state index is 0.0891. The molecular weight excluding hydrogens is 795 g/mol. The second-order valence-corrected chi connectivity index (χ2v) is 19.6. The average Bonchev–Trinajstić information content (AvgIpc) is 3.44. The van der Waals surface area contributed by atoms with Crippen molar-refractivity contribution in [2.75, 3.05) is 36.0 Å². The summed E-state index contributed by atoms with van der Waals surface area (Å²) in [5, 5.41) is 12.6. The maximum atomic E-state index is 12.0. The molecule has 19 heteroatoms. The minimum Gasteiger partial charge on any atom is -0.344 e. The summed E-state index contributed by atoms with van der Waals surface area (Å²) in [6.07, 6.45) is 14.0. The summed E-state index contributed by atoms with van der Waals surface area (Å²) in [4.78, 5) is 2.44. The zero-order chi connectivity index (χ0) is 40.7. The van der Waals surface area contributed by atoms with Gasteiger partial charge in [-0.1, -0.05) is 42.5 Å². The Morgan fingerprint density at radius 1 is 0.836 bits per heavy atom. The summed E-state index contributed by atoms with van der Waals surface area (Å²) in [5.74, 6) is -0.885. The molecule has 2 heterocycles. The highest BCUT2D eigenvalue weighted by atomic mass is 32.2. The molecule has 2 aliphatic heterocycles. The lowest BCUT2D eigenvalue weighted by atomic mass is 9.77. The van der Waals surface area contributed by atoms with Crippen LogP contribution in [0.1, 0.15) is 76.8 Å². The van der Waals surface area contributed by atoms with Crippen LogP contribution in [0, 0.1) is 0 Å². The highest BCUT2D eigenvalue weighted by Gasteiger charge is 2.45. The van der Waals surface area contributed by atoms with Crippen molar-refractivity contribution in [3.63, 3.8) is 0 Å². The second kappa shape index (κ2) is 18.5. The Bertz CT molecular complexity index is 2170. The van der Waals surface area contributed by atoms with E-state index in [1.807, 2.05) is 59.8 Å². The first-order chi connectivity index (χ1) is 25.7. The molecule has 55 heavy (non-hydrogen) atoms. The fraction of sp³-hybridized carbons (Fsp3) is 0.472. The van der Waals surface area contributed by atoms with Crippen molar-refractivity contribution in [1.29, 1.82) is 0 Å². The summed E-state index contributed by atoms with van der Waals surface area (Å²) in [6.45, 7) is 6.99. The zero-order valence-electron chi connectivity index (χ0n) is 31.0. The molecule has 1 unspecified atom stereocenters. The number of nitrogens with two attached hydrogens (primary N) is 1. The maximum Gasteiger partial charge on any atom is 0.294 e. The standard InChI is InChI=1S/C36H49N3O12S4/c1-35(2)29-26-28(55(47,48)49)16-18-31(29)38(21-11-23-53(41,42)43)33(35)13-7-6-8-14-34-36(3,19-9-4-5-10-20-37)30-25-27(52-51-50-40)15-17-32(30)39(34)22-12-24-54(44,45)46/h6-8,13-18,25-26H,4-5,9-12,19-24,37H2,1-3H3,(H3-,40,41,42,43,44,45,46,47,48,49)/p+1. The molecule has 0 fully saturated rings. The molecule has 6 N–H and O–H groups in total. The molecule has 0 saturated carbocycles. The van der Waals surface area contributed by atoms with Gasteiger partial charge in [-0.25, -0.2) is 5.26 Å². The molecule has 0 aliphatic carbocycles. The van der Waals surface area contributed by atoms with Crippen molar-refractivity contribution in [2.24, 2.45) is 5.73 Å². The number of allylic oxidation sites excluding steroid dienone is 6. The molecule has 304 valence electrons. The Morgan fingerprint density at radius 3 is 2.18 bits per heavy atom. The van der Waals surface area contributed by atoms with Gasteiger partial charge in [0.25, 0.3) is 30.4 Å². The topological polar surface area (TPSA) is 234 Å². The van der Waals surface area contributed by atoms with Crippen molar-refractivity contribution in [3.05, 3.63) is 83.6 Å². The molecule has 0 bridgehead atoms. The number of anilines is 1. The third-order valence-electron chi connectivity index (χ3n) is 9.96. The third kappa shape index (κ3) is 11.6. The summed E-state index contributed by atoms with van der Waals surface area (Å²) in [7, 11) is -12.9. The first-order valence-electron chi connectivity index (χ1n) is 17.7. The highest BCUT2D eigenvalue weighted by Crippen LogP contribution is 2.52. The van der Waals surface area contributed by atoms with E-state index in [0.29, 0.717) is 29.2 Å². The summed E-state index contributed by atoms with van der Waals surface area (Å²) in [5.41, 5.74) is 9.10. The average molecular weight is 845 g/mol. The van der Waals surface area contributed by atoms with Crippen molar-refractivity contribution < 1.29 is 58.1 Å². The van der Waals surface area contributed by atoms with Gasteiger partial charge in [-0.15, -0.1) is 4.33 Å². The van der Waals surface area contributed by atoms with Gasteiger partial charge in [0.15, 0.2) is 5.71 Å². The number of rotatable bonds is 21. The quantitative estimate of drug-likeness (QED) is 0.0185. The molecule has 2 aromatic rings. The number of unbranched alkanes of at least 4 members (excludes halogenated alkanes) is 3.